The van der Waals surface area contributed by atoms with Crippen LogP contribution in [0.15, 0.2) is 36.4 Å². The van der Waals surface area contributed by atoms with E-state index in [9.17, 15) is 17.6 Å². The van der Waals surface area contributed by atoms with E-state index in [4.69, 9.17) is 15.7 Å². The monoisotopic (exact) mass is 296 g/mol. The van der Waals surface area contributed by atoms with Gasteiger partial charge in [-0.2, -0.15) is 18.4 Å². The highest BCUT2D eigenvalue weighted by Gasteiger charge is 2.35. The molecule has 0 spiro atoms. The van der Waals surface area contributed by atoms with Gasteiger partial charge in [-0.05, 0) is 30.3 Å². The van der Waals surface area contributed by atoms with E-state index in [-0.39, 0.29) is 11.3 Å². The normalized spacial score (nSPS) is 11.0. The molecule has 2 aromatic carbocycles. The highest BCUT2D eigenvalue weighted by atomic mass is 19.4. The standard InChI is InChI=1S/C14H8F4N2O/c15-10-2-1-3-12(13(10)20)21-11-5-4-8(7-19)6-9(11)14(16,17)18/h1-6H,20H2. The first-order valence-electron chi connectivity index (χ1n) is 5.66. The summed E-state index contributed by atoms with van der Waals surface area (Å²) in [4.78, 5) is 0. The molecule has 0 bridgehead atoms. The van der Waals surface area contributed by atoms with Crippen LogP contribution in [0.1, 0.15) is 11.1 Å². The van der Waals surface area contributed by atoms with E-state index in [2.05, 4.69) is 0 Å². The highest BCUT2D eigenvalue weighted by molar-refractivity contribution is 5.56. The average molecular weight is 296 g/mol. The number of para-hydroxylation sites is 1. The van der Waals surface area contributed by atoms with Gasteiger partial charge in [0.05, 0.1) is 17.2 Å². The second kappa shape index (κ2) is 5.32. The van der Waals surface area contributed by atoms with E-state index in [1.54, 1.807) is 6.07 Å². The summed E-state index contributed by atoms with van der Waals surface area (Å²) < 4.78 is 57.2. The van der Waals surface area contributed by atoms with E-state index < -0.39 is 29.0 Å². The van der Waals surface area contributed by atoms with Crippen molar-refractivity contribution in [1.82, 2.24) is 0 Å². The van der Waals surface area contributed by atoms with Crippen LogP contribution in [0.4, 0.5) is 23.2 Å². The average Bonchev–Trinajstić information content (AvgIpc) is 2.43. The number of halogens is 4. The molecule has 0 atom stereocenters. The van der Waals surface area contributed by atoms with Crippen LogP contribution < -0.4 is 10.5 Å². The van der Waals surface area contributed by atoms with Gasteiger partial charge in [0.1, 0.15) is 17.3 Å². The van der Waals surface area contributed by atoms with Crippen LogP contribution >= 0.6 is 0 Å². The maximum atomic E-state index is 13.3. The molecule has 3 nitrogen and oxygen atoms in total. The van der Waals surface area contributed by atoms with Crippen LogP contribution in [0.3, 0.4) is 0 Å². The molecule has 0 radical (unpaired) electrons. The van der Waals surface area contributed by atoms with Gasteiger partial charge >= 0.3 is 6.18 Å². The van der Waals surface area contributed by atoms with Crippen molar-refractivity contribution >= 4 is 5.69 Å². The first-order chi connectivity index (χ1) is 9.82. The van der Waals surface area contributed by atoms with Crippen molar-refractivity contribution in [2.24, 2.45) is 0 Å². The molecule has 0 aliphatic heterocycles. The predicted octanol–water partition coefficient (Wildman–Crippen LogP) is 4.09. The summed E-state index contributed by atoms with van der Waals surface area (Å²) in [6.07, 6.45) is -4.72. The van der Waals surface area contributed by atoms with Gasteiger partial charge in [-0.3, -0.25) is 0 Å². The fourth-order valence-electron chi connectivity index (χ4n) is 1.63. The van der Waals surface area contributed by atoms with Gasteiger partial charge in [-0.15, -0.1) is 0 Å². The Morgan fingerprint density at radius 1 is 1.10 bits per heavy atom. The number of ether oxygens (including phenoxy) is 1. The third-order valence-electron chi connectivity index (χ3n) is 2.65. The van der Waals surface area contributed by atoms with Crippen molar-refractivity contribution in [2.75, 3.05) is 5.73 Å². The quantitative estimate of drug-likeness (QED) is 0.670. The molecular formula is C14H8F4N2O. The number of alkyl halides is 3. The molecule has 7 heteroatoms. The number of benzene rings is 2. The van der Waals surface area contributed by atoms with Gasteiger partial charge < -0.3 is 10.5 Å². The number of nitriles is 1. The Morgan fingerprint density at radius 2 is 1.81 bits per heavy atom. The molecule has 2 aromatic rings. The lowest BCUT2D eigenvalue weighted by molar-refractivity contribution is -0.138. The second-order valence-corrected chi connectivity index (χ2v) is 4.07. The Hall–Kier alpha value is -2.75. The molecule has 2 rings (SSSR count). The highest BCUT2D eigenvalue weighted by Crippen LogP contribution is 2.40. The van der Waals surface area contributed by atoms with Crippen molar-refractivity contribution in [2.45, 2.75) is 6.18 Å². The third-order valence-corrected chi connectivity index (χ3v) is 2.65. The molecular weight excluding hydrogens is 288 g/mol. The minimum Gasteiger partial charge on any atom is -0.454 e. The molecule has 0 heterocycles. The van der Waals surface area contributed by atoms with E-state index >= 15 is 0 Å². The molecule has 0 unspecified atom stereocenters. The largest absolute Gasteiger partial charge is 0.454 e. The fraction of sp³-hybridized carbons (Fsp3) is 0.0714. The zero-order valence-electron chi connectivity index (χ0n) is 10.4. The summed E-state index contributed by atoms with van der Waals surface area (Å²) in [5.74, 6) is -1.58. The number of nitrogens with two attached hydrogens (primary N) is 1. The van der Waals surface area contributed by atoms with E-state index in [0.29, 0.717) is 6.07 Å². The first-order valence-corrected chi connectivity index (χ1v) is 5.66. The van der Waals surface area contributed by atoms with Gasteiger partial charge in [0.2, 0.25) is 0 Å². The molecule has 0 aliphatic rings. The van der Waals surface area contributed by atoms with E-state index in [1.807, 2.05) is 0 Å². The number of nitrogen functional groups attached to an aromatic ring is 1. The van der Waals surface area contributed by atoms with Gasteiger partial charge in [0, 0.05) is 0 Å². The zero-order chi connectivity index (χ0) is 15.6. The molecule has 21 heavy (non-hydrogen) atoms. The third kappa shape index (κ3) is 3.05. The summed E-state index contributed by atoms with van der Waals surface area (Å²) in [5.41, 5.74) is 3.72. The van der Waals surface area contributed by atoms with Gasteiger partial charge in [-0.25, -0.2) is 4.39 Å². The Morgan fingerprint density at radius 3 is 2.43 bits per heavy atom. The zero-order valence-corrected chi connectivity index (χ0v) is 10.4. The van der Waals surface area contributed by atoms with Crippen LogP contribution in [-0.2, 0) is 6.18 Å². The Balaban J connectivity index is 2.50. The van der Waals surface area contributed by atoms with Crippen molar-refractivity contribution in [1.29, 1.82) is 5.26 Å². The molecule has 108 valence electrons. The van der Waals surface area contributed by atoms with Crippen LogP contribution in [0.25, 0.3) is 0 Å². The first kappa shape index (κ1) is 14.7. The summed E-state index contributed by atoms with van der Waals surface area (Å²) in [6, 6.07) is 8.00. The second-order valence-electron chi connectivity index (χ2n) is 4.07. The van der Waals surface area contributed by atoms with Crippen molar-refractivity contribution in [3.63, 3.8) is 0 Å². The van der Waals surface area contributed by atoms with Gasteiger partial charge in [-0.1, -0.05) is 6.07 Å². The van der Waals surface area contributed by atoms with Crippen molar-refractivity contribution < 1.29 is 22.3 Å². The topological polar surface area (TPSA) is 59.0 Å². The molecule has 2 N–H and O–H groups in total. The Labute approximate surface area is 117 Å². The summed E-state index contributed by atoms with van der Waals surface area (Å²) in [5, 5.41) is 8.66. The van der Waals surface area contributed by atoms with E-state index in [0.717, 1.165) is 12.1 Å². The molecule has 0 aliphatic carbocycles. The lowest BCUT2D eigenvalue weighted by atomic mass is 10.1. The van der Waals surface area contributed by atoms with Crippen molar-refractivity contribution in [3.8, 4) is 17.6 Å². The Bertz CT molecular complexity index is 720. The lowest BCUT2D eigenvalue weighted by Crippen LogP contribution is -2.08. The van der Waals surface area contributed by atoms with Gasteiger partial charge in [0.25, 0.3) is 0 Å². The maximum absolute atomic E-state index is 13.3. The molecule has 0 aromatic heterocycles. The molecule has 0 saturated carbocycles. The number of nitrogens with zero attached hydrogens (tertiary/aromatic N) is 1. The number of rotatable bonds is 2. The molecule has 0 saturated heterocycles. The number of hydrogen-bond donors (Lipinski definition) is 1. The minimum absolute atomic E-state index is 0.165. The number of hydrogen-bond acceptors (Lipinski definition) is 3. The molecule has 0 fully saturated rings. The lowest BCUT2D eigenvalue weighted by Gasteiger charge is -2.15. The smallest absolute Gasteiger partial charge is 0.420 e. The maximum Gasteiger partial charge on any atom is 0.420 e. The number of anilines is 1. The summed E-state index contributed by atoms with van der Waals surface area (Å²) >= 11 is 0. The SMILES string of the molecule is N#Cc1ccc(Oc2cccc(F)c2N)c(C(F)(F)F)c1. The molecule has 0 amide bonds. The van der Waals surface area contributed by atoms with Crippen LogP contribution in [0.5, 0.6) is 11.5 Å². The van der Waals surface area contributed by atoms with Gasteiger partial charge in [0.15, 0.2) is 5.75 Å². The van der Waals surface area contributed by atoms with Crippen LogP contribution in [0, 0.1) is 17.1 Å². The predicted molar refractivity (Wildman–Crippen MR) is 67.0 cm³/mol. The van der Waals surface area contributed by atoms with Crippen LogP contribution in [0.2, 0.25) is 0 Å². The van der Waals surface area contributed by atoms with Crippen molar-refractivity contribution in [3.05, 3.63) is 53.3 Å². The fourth-order valence-corrected chi connectivity index (χ4v) is 1.63. The summed E-state index contributed by atoms with van der Waals surface area (Å²) in [7, 11) is 0. The minimum atomic E-state index is -4.72. The Kier molecular flexibility index (Phi) is 3.72. The van der Waals surface area contributed by atoms with E-state index in [1.165, 1.54) is 18.2 Å². The van der Waals surface area contributed by atoms with Crippen LogP contribution in [-0.4, -0.2) is 0 Å². The summed E-state index contributed by atoms with van der Waals surface area (Å²) in [6.45, 7) is 0.